The molecule has 24 nitrogen and oxygen atoms in total. The molecule has 0 bridgehead atoms. The summed E-state index contributed by atoms with van der Waals surface area (Å²) in [6, 6.07) is -8.79. The molecule has 0 aromatic rings. The van der Waals surface area contributed by atoms with E-state index >= 15 is 0 Å². The number of aliphatic hydroxyl groups excluding tert-OH is 1. The van der Waals surface area contributed by atoms with Gasteiger partial charge in [0.2, 0.25) is 59.1 Å². The van der Waals surface area contributed by atoms with Gasteiger partial charge in [0.1, 0.15) is 42.3 Å². The molecule has 0 unspecified atom stereocenters. The number of primary amides is 1. The lowest BCUT2D eigenvalue weighted by Crippen LogP contribution is -2.61. The van der Waals surface area contributed by atoms with Crippen LogP contribution < -0.4 is 59.7 Å². The number of likely N-dealkylation sites (N-methyl/N-ethyl adjacent to an activating group) is 1. The summed E-state index contributed by atoms with van der Waals surface area (Å²) >= 11 is 0. The molecule has 1 saturated heterocycles. The van der Waals surface area contributed by atoms with Crippen molar-refractivity contribution in [3.63, 3.8) is 0 Å². The number of likely N-dealkylation sites (tertiary alicyclic amines) is 1. The van der Waals surface area contributed by atoms with E-state index in [1.54, 1.807) is 48.5 Å². The molecule has 8 atom stereocenters. The second-order valence-electron chi connectivity index (χ2n) is 17.2. The minimum absolute atomic E-state index is 0.0697. The Bertz CT molecular complexity index is 1720. The van der Waals surface area contributed by atoms with Crippen LogP contribution in [0, 0.1) is 17.8 Å². The molecule has 0 saturated carbocycles. The molecule has 374 valence electrons. The van der Waals surface area contributed by atoms with Gasteiger partial charge in [-0.2, -0.15) is 0 Å². The fourth-order valence-electron chi connectivity index (χ4n) is 7.00. The largest absolute Gasteiger partial charge is 0.394 e. The number of nitrogens with two attached hydrogens (primary N) is 3. The molecule has 1 aliphatic heterocycles. The lowest BCUT2D eigenvalue weighted by molar-refractivity contribution is -0.142. The van der Waals surface area contributed by atoms with Gasteiger partial charge in [-0.25, -0.2) is 0 Å². The molecule has 0 aliphatic carbocycles. The van der Waals surface area contributed by atoms with Gasteiger partial charge < -0.3 is 69.7 Å². The number of carbonyl (C=O) groups is 10. The second kappa shape index (κ2) is 29.5. The highest BCUT2D eigenvalue weighted by Gasteiger charge is 2.39. The Kier molecular flexibility index (Phi) is 25.9. The summed E-state index contributed by atoms with van der Waals surface area (Å²) in [6.45, 7) is 12.7. The number of guanidine groups is 1. The molecule has 1 rings (SSSR count). The van der Waals surface area contributed by atoms with Gasteiger partial charge in [0.25, 0.3) is 0 Å². The lowest BCUT2D eigenvalue weighted by Gasteiger charge is -2.31. The maximum absolute atomic E-state index is 14.1. The highest BCUT2D eigenvalue weighted by atomic mass is 16.3. The topological polar surface area (TPSA) is 381 Å². The molecular formula is C42H75N13O11. The van der Waals surface area contributed by atoms with Crippen molar-refractivity contribution in [3.05, 3.63) is 0 Å². The number of aliphatic imine (C=N–C) groups is 1. The third-order valence-electron chi connectivity index (χ3n) is 10.8. The van der Waals surface area contributed by atoms with Gasteiger partial charge in [0.15, 0.2) is 5.96 Å². The Morgan fingerprint density at radius 3 is 1.83 bits per heavy atom. The van der Waals surface area contributed by atoms with E-state index in [0.29, 0.717) is 25.8 Å². The average Bonchev–Trinajstić information content (AvgIpc) is 3.74. The molecule has 10 amide bonds. The van der Waals surface area contributed by atoms with Crippen LogP contribution in [0.4, 0.5) is 0 Å². The summed E-state index contributed by atoms with van der Waals surface area (Å²) in [7, 11) is 0. The first kappa shape index (κ1) is 57.9. The van der Waals surface area contributed by atoms with Crippen LogP contribution in [0.25, 0.3) is 0 Å². The van der Waals surface area contributed by atoms with Crippen LogP contribution in [-0.2, 0) is 47.9 Å². The second-order valence-corrected chi connectivity index (χ2v) is 17.2. The Morgan fingerprint density at radius 2 is 1.29 bits per heavy atom. The van der Waals surface area contributed by atoms with Crippen molar-refractivity contribution in [2.75, 3.05) is 32.8 Å². The zero-order valence-corrected chi connectivity index (χ0v) is 39.6. The number of carbonyl (C=O) groups excluding carboxylic acids is 10. The molecular weight excluding hydrogens is 863 g/mol. The van der Waals surface area contributed by atoms with Gasteiger partial charge in [-0.05, 0) is 63.2 Å². The highest BCUT2D eigenvalue weighted by molar-refractivity contribution is 5.98. The predicted octanol–water partition coefficient (Wildman–Crippen LogP) is -3.78. The molecule has 0 aromatic heterocycles. The number of hydrogen-bond acceptors (Lipinski definition) is 12. The van der Waals surface area contributed by atoms with Crippen molar-refractivity contribution in [1.29, 1.82) is 0 Å². The molecule has 1 aliphatic rings. The maximum atomic E-state index is 14.1. The highest BCUT2D eigenvalue weighted by Crippen LogP contribution is 2.20. The molecule has 0 spiro atoms. The smallest absolute Gasteiger partial charge is 0.245 e. The Hall–Kier alpha value is -6.07. The van der Waals surface area contributed by atoms with E-state index in [-0.39, 0.29) is 63.1 Å². The standard InChI is InChI=1S/C42H75N13O11/c1-9-24(7)34(40(65)50-27(13-11-17-47-42(44)45)41(66)55-18-12-14-30(55)38(63)46-10-2)54-35(60)26(15-16-31(43)58)49-37(62)29(21-56)52-36(61)28(19-22(3)4)51-39(64)33(23(5)6)53-32(59)20-48-25(8)57/h22-24,26-30,33-34,56H,9-21H2,1-8H3,(H2,43,58)(H,46,63)(H,48,57)(H,49,62)(H,50,65)(H,51,64)(H,52,61)(H,53,59)(H,54,60)(H4,44,45,47)/t24-,26-,27-,28+,29-,30-,33-,34-/m0/s1. The average molecular weight is 938 g/mol. The van der Waals surface area contributed by atoms with Crippen molar-refractivity contribution in [2.45, 2.75) is 149 Å². The summed E-state index contributed by atoms with van der Waals surface area (Å²) in [6.07, 6.45) is 1.000. The Morgan fingerprint density at radius 1 is 0.712 bits per heavy atom. The number of nitrogens with zero attached hydrogens (tertiary/aromatic N) is 2. The Balaban J connectivity index is 3.37. The van der Waals surface area contributed by atoms with Crippen LogP contribution in [-0.4, -0.2) is 150 Å². The molecule has 1 fully saturated rings. The summed E-state index contributed by atoms with van der Waals surface area (Å²) in [5.41, 5.74) is 16.3. The zero-order chi connectivity index (χ0) is 50.3. The van der Waals surface area contributed by atoms with E-state index in [1.807, 2.05) is 0 Å². The number of rotatable bonds is 29. The summed E-state index contributed by atoms with van der Waals surface area (Å²) in [4.78, 5) is 137. The number of aliphatic hydroxyl groups is 1. The molecule has 66 heavy (non-hydrogen) atoms. The Labute approximate surface area is 386 Å². The zero-order valence-electron chi connectivity index (χ0n) is 39.6. The van der Waals surface area contributed by atoms with Crippen molar-refractivity contribution >= 4 is 65.0 Å². The van der Waals surface area contributed by atoms with E-state index in [0.717, 1.165) is 0 Å². The van der Waals surface area contributed by atoms with E-state index in [9.17, 15) is 53.1 Å². The van der Waals surface area contributed by atoms with Crippen molar-refractivity contribution < 1.29 is 53.1 Å². The summed E-state index contributed by atoms with van der Waals surface area (Å²) < 4.78 is 0. The first-order chi connectivity index (χ1) is 31.0. The van der Waals surface area contributed by atoms with Crippen LogP contribution in [0.1, 0.15) is 107 Å². The van der Waals surface area contributed by atoms with Crippen LogP contribution in [0.15, 0.2) is 4.99 Å². The predicted molar refractivity (Wildman–Crippen MR) is 243 cm³/mol. The van der Waals surface area contributed by atoms with Crippen molar-refractivity contribution in [3.8, 4) is 0 Å². The summed E-state index contributed by atoms with van der Waals surface area (Å²) in [5.74, 6) is -8.44. The molecule has 15 N–H and O–H groups in total. The van der Waals surface area contributed by atoms with Crippen molar-refractivity contribution in [2.24, 2.45) is 39.9 Å². The first-order valence-electron chi connectivity index (χ1n) is 22.6. The SMILES string of the molecule is CCNC(=O)[C@@H]1CCCN1C(=O)[C@H](CCCN=C(N)N)NC(=O)[C@@H](NC(=O)[C@H](CCC(N)=O)NC(=O)[C@H](CO)NC(=O)[C@@H](CC(C)C)NC(=O)[C@@H](NC(=O)CNC(C)=O)C(C)C)[C@@H](C)CC. The fraction of sp³-hybridized carbons (Fsp3) is 0.738. The monoisotopic (exact) mass is 938 g/mol. The molecule has 1 heterocycles. The lowest BCUT2D eigenvalue weighted by atomic mass is 9.96. The van der Waals surface area contributed by atoms with Gasteiger partial charge in [-0.1, -0.05) is 48.0 Å². The van der Waals surface area contributed by atoms with Gasteiger partial charge >= 0.3 is 0 Å². The minimum atomic E-state index is -1.68. The molecule has 24 heteroatoms. The van der Waals surface area contributed by atoms with Gasteiger partial charge in [0.05, 0.1) is 13.2 Å². The maximum Gasteiger partial charge on any atom is 0.245 e. The summed E-state index contributed by atoms with van der Waals surface area (Å²) in [5, 5.41) is 30.7. The van der Waals surface area contributed by atoms with E-state index in [2.05, 4.69) is 47.5 Å². The third kappa shape index (κ3) is 20.4. The van der Waals surface area contributed by atoms with Crippen LogP contribution in [0.2, 0.25) is 0 Å². The number of hydrogen-bond donors (Lipinski definition) is 12. The van der Waals surface area contributed by atoms with Crippen LogP contribution in [0.5, 0.6) is 0 Å². The minimum Gasteiger partial charge on any atom is -0.394 e. The van der Waals surface area contributed by atoms with Crippen molar-refractivity contribution in [1.82, 2.24) is 47.4 Å². The van der Waals surface area contributed by atoms with Gasteiger partial charge in [-0.3, -0.25) is 52.9 Å². The van der Waals surface area contributed by atoms with Gasteiger partial charge in [0, 0.05) is 33.0 Å². The quantitative estimate of drug-likeness (QED) is 0.0195. The van der Waals surface area contributed by atoms with Gasteiger partial charge in [-0.15, -0.1) is 0 Å². The van der Waals surface area contributed by atoms with Crippen LogP contribution in [0.3, 0.4) is 0 Å². The number of amides is 10. The van der Waals surface area contributed by atoms with E-state index in [4.69, 9.17) is 17.2 Å². The molecule has 0 aromatic carbocycles. The number of nitrogens with one attached hydrogen (secondary N) is 8. The van der Waals surface area contributed by atoms with Crippen LogP contribution >= 0.6 is 0 Å². The first-order valence-corrected chi connectivity index (χ1v) is 22.6. The normalized spacial score (nSPS) is 16.5. The fourth-order valence-corrected chi connectivity index (χ4v) is 7.00. The van der Waals surface area contributed by atoms with E-state index < -0.39 is 120 Å². The third-order valence-corrected chi connectivity index (χ3v) is 10.8. The molecule has 0 radical (unpaired) electrons. The van der Waals surface area contributed by atoms with E-state index in [1.165, 1.54) is 11.8 Å².